The molecule has 1 aromatic rings. The lowest BCUT2D eigenvalue weighted by Crippen LogP contribution is -2.49. The summed E-state index contributed by atoms with van der Waals surface area (Å²) in [5.74, 6) is 0.644. The zero-order valence-electron chi connectivity index (χ0n) is 13.1. The van der Waals surface area contributed by atoms with Crippen LogP contribution in [0.15, 0.2) is 24.4 Å². The summed E-state index contributed by atoms with van der Waals surface area (Å²) in [5.41, 5.74) is 1.11. The van der Waals surface area contributed by atoms with E-state index in [4.69, 9.17) is 0 Å². The lowest BCUT2D eigenvalue weighted by Gasteiger charge is -2.34. The van der Waals surface area contributed by atoms with Crippen molar-refractivity contribution in [2.45, 2.75) is 20.4 Å². The number of nitrogens with zero attached hydrogens (tertiary/aromatic N) is 3. The molecule has 1 aromatic heterocycles. The summed E-state index contributed by atoms with van der Waals surface area (Å²) in [6.07, 6.45) is 1.84. The Morgan fingerprint density at radius 3 is 2.57 bits per heavy atom. The van der Waals surface area contributed by atoms with Gasteiger partial charge < -0.3 is 5.32 Å². The zero-order valence-corrected chi connectivity index (χ0v) is 13.1. The number of carbonyl (C=O) groups is 1. The Bertz CT molecular complexity index is 427. The van der Waals surface area contributed by atoms with Gasteiger partial charge in [-0.1, -0.05) is 19.9 Å². The van der Waals surface area contributed by atoms with Crippen molar-refractivity contribution in [2.24, 2.45) is 5.92 Å². The molecule has 2 heterocycles. The predicted molar refractivity (Wildman–Crippen MR) is 83.8 cm³/mol. The van der Waals surface area contributed by atoms with Crippen molar-refractivity contribution < 1.29 is 4.79 Å². The van der Waals surface area contributed by atoms with Crippen LogP contribution < -0.4 is 5.32 Å². The van der Waals surface area contributed by atoms with Crippen molar-refractivity contribution in [3.05, 3.63) is 30.1 Å². The van der Waals surface area contributed by atoms with Crippen molar-refractivity contribution in [3.63, 3.8) is 0 Å². The van der Waals surface area contributed by atoms with Crippen LogP contribution in [0, 0.1) is 5.92 Å². The van der Waals surface area contributed by atoms with Gasteiger partial charge in [-0.05, 0) is 18.1 Å². The van der Waals surface area contributed by atoms with Gasteiger partial charge in [-0.25, -0.2) is 0 Å². The van der Waals surface area contributed by atoms with Gasteiger partial charge in [-0.3, -0.25) is 19.6 Å². The van der Waals surface area contributed by atoms with Crippen LogP contribution in [0.1, 0.15) is 19.5 Å². The summed E-state index contributed by atoms with van der Waals surface area (Å²) in [6.45, 7) is 10.3. The van der Waals surface area contributed by atoms with Crippen molar-refractivity contribution in [2.75, 3.05) is 39.3 Å². The third-order valence-corrected chi connectivity index (χ3v) is 3.65. The standard InChI is InChI=1S/C16H26N4O/c1-14(2)11-18-16(21)13-20-9-7-19(8-10-20)12-15-5-3-4-6-17-15/h3-6,14H,7-13H2,1-2H3,(H,18,21). The van der Waals surface area contributed by atoms with E-state index >= 15 is 0 Å². The molecule has 0 radical (unpaired) electrons. The quantitative estimate of drug-likeness (QED) is 0.848. The maximum absolute atomic E-state index is 11.8. The molecule has 21 heavy (non-hydrogen) atoms. The third-order valence-electron chi connectivity index (χ3n) is 3.65. The van der Waals surface area contributed by atoms with Gasteiger partial charge in [0.2, 0.25) is 5.91 Å². The molecule has 1 aliphatic rings. The van der Waals surface area contributed by atoms with Crippen LogP contribution in [0.5, 0.6) is 0 Å². The fourth-order valence-corrected chi connectivity index (χ4v) is 2.40. The van der Waals surface area contributed by atoms with Crippen LogP contribution in [0.2, 0.25) is 0 Å². The maximum atomic E-state index is 11.8. The largest absolute Gasteiger partial charge is 0.355 e. The van der Waals surface area contributed by atoms with E-state index < -0.39 is 0 Å². The number of aromatic nitrogens is 1. The molecule has 5 heteroatoms. The van der Waals surface area contributed by atoms with E-state index in [0.717, 1.165) is 45.0 Å². The first-order valence-corrected chi connectivity index (χ1v) is 7.75. The summed E-state index contributed by atoms with van der Waals surface area (Å²) >= 11 is 0. The Morgan fingerprint density at radius 2 is 1.95 bits per heavy atom. The molecular formula is C16H26N4O. The molecule has 0 aromatic carbocycles. The van der Waals surface area contributed by atoms with Crippen LogP contribution in [0.4, 0.5) is 0 Å². The Labute approximate surface area is 127 Å². The summed E-state index contributed by atoms with van der Waals surface area (Å²) in [5, 5.41) is 2.98. The molecule has 1 saturated heterocycles. The third kappa shape index (κ3) is 5.81. The molecule has 0 bridgehead atoms. The molecule has 1 fully saturated rings. The summed E-state index contributed by atoms with van der Waals surface area (Å²) in [6, 6.07) is 6.03. The van der Waals surface area contributed by atoms with Crippen molar-refractivity contribution in [3.8, 4) is 0 Å². The van der Waals surface area contributed by atoms with Gasteiger partial charge in [0, 0.05) is 45.5 Å². The minimum Gasteiger partial charge on any atom is -0.355 e. The van der Waals surface area contributed by atoms with E-state index in [0.29, 0.717) is 12.5 Å². The molecule has 0 unspecified atom stereocenters. The van der Waals surface area contributed by atoms with Gasteiger partial charge in [-0.2, -0.15) is 0 Å². The number of hydrogen-bond donors (Lipinski definition) is 1. The Kier molecular flexibility index (Phi) is 6.14. The first-order chi connectivity index (χ1) is 10.1. The van der Waals surface area contributed by atoms with E-state index in [1.165, 1.54) is 0 Å². The highest BCUT2D eigenvalue weighted by Crippen LogP contribution is 2.06. The molecule has 1 amide bonds. The van der Waals surface area contributed by atoms with E-state index in [2.05, 4.69) is 40.0 Å². The van der Waals surface area contributed by atoms with E-state index in [9.17, 15) is 4.79 Å². The number of nitrogens with one attached hydrogen (secondary N) is 1. The number of rotatable bonds is 6. The predicted octanol–water partition coefficient (Wildman–Crippen LogP) is 0.971. The molecule has 1 aliphatic heterocycles. The number of pyridine rings is 1. The molecule has 0 atom stereocenters. The lowest BCUT2D eigenvalue weighted by molar-refractivity contribution is -0.122. The smallest absolute Gasteiger partial charge is 0.234 e. The molecule has 1 N–H and O–H groups in total. The van der Waals surface area contributed by atoms with Gasteiger partial charge in [0.15, 0.2) is 0 Å². The van der Waals surface area contributed by atoms with Crippen LogP contribution >= 0.6 is 0 Å². The summed E-state index contributed by atoms with van der Waals surface area (Å²) < 4.78 is 0. The fraction of sp³-hybridized carbons (Fsp3) is 0.625. The number of hydrogen-bond acceptors (Lipinski definition) is 4. The van der Waals surface area contributed by atoms with Gasteiger partial charge in [-0.15, -0.1) is 0 Å². The van der Waals surface area contributed by atoms with Crippen molar-refractivity contribution in [1.29, 1.82) is 0 Å². The van der Waals surface area contributed by atoms with Crippen molar-refractivity contribution in [1.82, 2.24) is 20.1 Å². The first-order valence-electron chi connectivity index (χ1n) is 7.75. The minimum atomic E-state index is 0.141. The second-order valence-electron chi connectivity index (χ2n) is 6.07. The van der Waals surface area contributed by atoms with Crippen LogP contribution in [-0.4, -0.2) is 60.0 Å². The molecule has 0 aliphatic carbocycles. The topological polar surface area (TPSA) is 48.5 Å². The molecule has 5 nitrogen and oxygen atoms in total. The normalized spacial score (nSPS) is 17.1. The highest BCUT2D eigenvalue weighted by Gasteiger charge is 2.19. The van der Waals surface area contributed by atoms with Crippen LogP contribution in [-0.2, 0) is 11.3 Å². The van der Waals surface area contributed by atoms with Gasteiger partial charge in [0.25, 0.3) is 0 Å². The molecule has 0 saturated carbocycles. The maximum Gasteiger partial charge on any atom is 0.234 e. The number of piperazine rings is 1. The van der Waals surface area contributed by atoms with E-state index in [1.54, 1.807) is 0 Å². The van der Waals surface area contributed by atoms with Crippen LogP contribution in [0.25, 0.3) is 0 Å². The lowest BCUT2D eigenvalue weighted by atomic mass is 10.2. The summed E-state index contributed by atoms with van der Waals surface area (Å²) in [7, 11) is 0. The molecular weight excluding hydrogens is 264 g/mol. The number of amides is 1. The first kappa shape index (κ1) is 15.9. The second-order valence-corrected chi connectivity index (χ2v) is 6.07. The van der Waals surface area contributed by atoms with Crippen LogP contribution in [0.3, 0.4) is 0 Å². The van der Waals surface area contributed by atoms with Gasteiger partial charge >= 0.3 is 0 Å². The molecule has 0 spiro atoms. The SMILES string of the molecule is CC(C)CNC(=O)CN1CCN(Cc2ccccn2)CC1. The van der Waals surface area contributed by atoms with Crippen molar-refractivity contribution >= 4 is 5.91 Å². The fourth-order valence-electron chi connectivity index (χ4n) is 2.40. The Hall–Kier alpha value is -1.46. The Morgan fingerprint density at radius 1 is 1.24 bits per heavy atom. The zero-order chi connectivity index (χ0) is 15.1. The Balaban J connectivity index is 1.67. The van der Waals surface area contributed by atoms with Gasteiger partial charge in [0.1, 0.15) is 0 Å². The molecule has 116 valence electrons. The minimum absolute atomic E-state index is 0.141. The molecule has 2 rings (SSSR count). The average molecular weight is 290 g/mol. The van der Waals surface area contributed by atoms with E-state index in [-0.39, 0.29) is 5.91 Å². The monoisotopic (exact) mass is 290 g/mol. The van der Waals surface area contributed by atoms with Gasteiger partial charge in [0.05, 0.1) is 12.2 Å². The van der Waals surface area contributed by atoms with E-state index in [1.807, 2.05) is 18.3 Å². The summed E-state index contributed by atoms with van der Waals surface area (Å²) in [4.78, 5) is 20.8. The highest BCUT2D eigenvalue weighted by molar-refractivity contribution is 5.78. The highest BCUT2D eigenvalue weighted by atomic mass is 16.2. The number of carbonyl (C=O) groups excluding carboxylic acids is 1. The second kappa shape index (κ2) is 8.10. The average Bonchev–Trinajstić information content (AvgIpc) is 2.48.